The summed E-state index contributed by atoms with van der Waals surface area (Å²) in [5.74, 6) is 6.24. The first kappa shape index (κ1) is 14.1. The Labute approximate surface area is 118 Å². The molecule has 0 saturated heterocycles. The minimum atomic E-state index is -0.152. The third-order valence-corrected chi connectivity index (χ3v) is 4.13. The van der Waals surface area contributed by atoms with Crippen molar-refractivity contribution in [3.05, 3.63) is 21.9 Å². The maximum atomic E-state index is 12.5. The molecule has 1 saturated carbocycles. The number of aliphatic hydroxyl groups is 1. The van der Waals surface area contributed by atoms with Crippen LogP contribution in [0.15, 0.2) is 12.1 Å². The molecule has 0 radical (unpaired) electrons. The van der Waals surface area contributed by atoms with Gasteiger partial charge in [-0.25, -0.2) is 0 Å². The van der Waals surface area contributed by atoms with Gasteiger partial charge in [0.25, 0.3) is 5.91 Å². The molecule has 102 valence electrons. The number of thiophene rings is 1. The quantitative estimate of drug-likeness (QED) is 0.858. The van der Waals surface area contributed by atoms with Crippen LogP contribution in [0.4, 0.5) is 0 Å². The van der Waals surface area contributed by atoms with Crippen LogP contribution in [-0.4, -0.2) is 35.1 Å². The lowest BCUT2D eigenvalue weighted by atomic mass is 10.2. The lowest BCUT2D eigenvalue weighted by Crippen LogP contribution is -2.38. The van der Waals surface area contributed by atoms with Gasteiger partial charge in [0.05, 0.1) is 9.75 Å². The van der Waals surface area contributed by atoms with Gasteiger partial charge in [-0.1, -0.05) is 11.8 Å². The van der Waals surface area contributed by atoms with Gasteiger partial charge in [-0.3, -0.25) is 4.79 Å². The molecule has 19 heavy (non-hydrogen) atoms. The van der Waals surface area contributed by atoms with Gasteiger partial charge in [-0.05, 0) is 44.7 Å². The lowest BCUT2D eigenvalue weighted by molar-refractivity contribution is 0.0701. The maximum absolute atomic E-state index is 12.5. The van der Waals surface area contributed by atoms with Gasteiger partial charge in [-0.15, -0.1) is 11.3 Å². The Hall–Kier alpha value is -1.31. The Morgan fingerprint density at radius 1 is 1.53 bits per heavy atom. The van der Waals surface area contributed by atoms with Gasteiger partial charge in [0.15, 0.2) is 0 Å². The molecule has 0 spiro atoms. The zero-order chi connectivity index (χ0) is 13.8. The molecule has 0 aliphatic heterocycles. The van der Waals surface area contributed by atoms with Crippen LogP contribution in [0.2, 0.25) is 0 Å². The van der Waals surface area contributed by atoms with E-state index in [1.54, 1.807) is 0 Å². The van der Waals surface area contributed by atoms with Crippen molar-refractivity contribution >= 4 is 17.2 Å². The molecule has 1 amide bonds. The lowest BCUT2D eigenvalue weighted by Gasteiger charge is -2.26. The van der Waals surface area contributed by atoms with Crippen molar-refractivity contribution < 1.29 is 9.90 Å². The molecule has 4 heteroatoms. The monoisotopic (exact) mass is 277 g/mol. The van der Waals surface area contributed by atoms with E-state index in [9.17, 15) is 4.79 Å². The van der Waals surface area contributed by atoms with Crippen molar-refractivity contribution in [2.45, 2.75) is 32.7 Å². The second-order valence-electron chi connectivity index (χ2n) is 5.12. The minimum absolute atomic E-state index is 0.101. The Morgan fingerprint density at radius 3 is 2.84 bits per heavy atom. The van der Waals surface area contributed by atoms with Crippen LogP contribution >= 0.6 is 11.3 Å². The number of rotatable bonds is 4. The predicted molar refractivity (Wildman–Crippen MR) is 77.2 cm³/mol. The van der Waals surface area contributed by atoms with E-state index < -0.39 is 0 Å². The van der Waals surface area contributed by atoms with Gasteiger partial charge < -0.3 is 10.0 Å². The molecular formula is C15H19NO2S. The van der Waals surface area contributed by atoms with Gasteiger partial charge in [0.1, 0.15) is 6.61 Å². The average molecular weight is 277 g/mol. The van der Waals surface area contributed by atoms with Crippen molar-refractivity contribution in [2.75, 3.05) is 13.2 Å². The second kappa shape index (κ2) is 6.23. The van der Waals surface area contributed by atoms with E-state index >= 15 is 0 Å². The Kier molecular flexibility index (Phi) is 4.62. The van der Waals surface area contributed by atoms with Crippen LogP contribution in [0.5, 0.6) is 0 Å². The number of carbonyl (C=O) groups excluding carboxylic acids is 1. The topological polar surface area (TPSA) is 40.5 Å². The molecule has 1 fully saturated rings. The van der Waals surface area contributed by atoms with E-state index in [0.717, 1.165) is 16.3 Å². The smallest absolute Gasteiger partial charge is 0.264 e. The molecule has 3 nitrogen and oxygen atoms in total. The summed E-state index contributed by atoms with van der Waals surface area (Å²) in [5, 5.41) is 8.67. The van der Waals surface area contributed by atoms with Crippen LogP contribution in [-0.2, 0) is 0 Å². The molecule has 0 unspecified atom stereocenters. The van der Waals surface area contributed by atoms with E-state index in [1.807, 2.05) is 17.0 Å². The molecule has 2 rings (SSSR count). The zero-order valence-corrected chi connectivity index (χ0v) is 12.2. The Balaban J connectivity index is 2.09. The van der Waals surface area contributed by atoms with Crippen LogP contribution in [0.3, 0.4) is 0 Å². The van der Waals surface area contributed by atoms with Crippen LogP contribution in [0, 0.1) is 17.8 Å². The summed E-state index contributed by atoms with van der Waals surface area (Å²) in [4.78, 5) is 16.0. The SMILES string of the molecule is CC(C)N(CC1CC1)C(=O)c1ccc(C#CCO)s1. The van der Waals surface area contributed by atoms with Gasteiger partial charge >= 0.3 is 0 Å². The van der Waals surface area contributed by atoms with Gasteiger partial charge in [0.2, 0.25) is 0 Å². The van der Waals surface area contributed by atoms with Crippen molar-refractivity contribution in [3.63, 3.8) is 0 Å². The van der Waals surface area contributed by atoms with E-state index in [-0.39, 0.29) is 18.6 Å². The highest BCUT2D eigenvalue weighted by molar-refractivity contribution is 7.14. The van der Waals surface area contributed by atoms with E-state index in [1.165, 1.54) is 24.2 Å². The van der Waals surface area contributed by atoms with Gasteiger partial charge in [0, 0.05) is 12.6 Å². The number of hydrogen-bond acceptors (Lipinski definition) is 3. The Morgan fingerprint density at radius 2 is 2.26 bits per heavy atom. The van der Waals surface area contributed by atoms with Crippen molar-refractivity contribution in [1.29, 1.82) is 0 Å². The molecule has 0 bridgehead atoms. The highest BCUT2D eigenvalue weighted by Crippen LogP contribution is 2.31. The maximum Gasteiger partial charge on any atom is 0.264 e. The molecule has 0 aromatic carbocycles. The molecule has 1 aromatic heterocycles. The summed E-state index contributed by atoms with van der Waals surface area (Å²) in [5.41, 5.74) is 0. The first-order valence-corrected chi connectivity index (χ1v) is 7.44. The number of hydrogen-bond donors (Lipinski definition) is 1. The van der Waals surface area contributed by atoms with Crippen LogP contribution < -0.4 is 0 Å². The predicted octanol–water partition coefficient (Wildman–Crippen LogP) is 2.35. The minimum Gasteiger partial charge on any atom is -0.384 e. The normalized spacial score (nSPS) is 14.1. The summed E-state index contributed by atoms with van der Waals surface area (Å²) in [7, 11) is 0. The number of nitrogens with zero attached hydrogens (tertiary/aromatic N) is 1. The summed E-state index contributed by atoms with van der Waals surface area (Å²) < 4.78 is 0. The molecular weight excluding hydrogens is 258 g/mol. The standard InChI is InChI=1S/C15H19NO2S/c1-11(2)16(10-12-5-6-12)15(18)14-8-7-13(19-14)4-3-9-17/h7-8,11-12,17H,5-6,9-10H2,1-2H3. The summed E-state index contributed by atoms with van der Waals surface area (Å²) in [6, 6.07) is 3.90. The molecule has 1 heterocycles. The second-order valence-corrected chi connectivity index (χ2v) is 6.20. The van der Waals surface area contributed by atoms with E-state index in [0.29, 0.717) is 5.92 Å². The average Bonchev–Trinajstić information content (AvgIpc) is 3.08. The van der Waals surface area contributed by atoms with E-state index in [2.05, 4.69) is 25.7 Å². The van der Waals surface area contributed by atoms with Crippen molar-refractivity contribution in [1.82, 2.24) is 4.90 Å². The van der Waals surface area contributed by atoms with Crippen molar-refractivity contribution in [3.8, 4) is 11.8 Å². The first-order valence-electron chi connectivity index (χ1n) is 6.62. The molecule has 1 N–H and O–H groups in total. The Bertz CT molecular complexity index is 506. The fraction of sp³-hybridized carbons (Fsp3) is 0.533. The summed E-state index contributed by atoms with van der Waals surface area (Å²) in [6.45, 7) is 4.83. The van der Waals surface area contributed by atoms with Crippen molar-refractivity contribution in [2.24, 2.45) is 5.92 Å². The largest absolute Gasteiger partial charge is 0.384 e. The van der Waals surface area contributed by atoms with Crippen LogP contribution in [0.1, 0.15) is 41.2 Å². The van der Waals surface area contributed by atoms with Gasteiger partial charge in [-0.2, -0.15) is 0 Å². The van der Waals surface area contributed by atoms with E-state index in [4.69, 9.17) is 5.11 Å². The third-order valence-electron chi connectivity index (χ3n) is 3.14. The molecule has 1 aliphatic rings. The highest BCUT2D eigenvalue weighted by atomic mass is 32.1. The summed E-state index contributed by atoms with van der Waals surface area (Å²) in [6.07, 6.45) is 2.49. The van der Waals surface area contributed by atoms with Crippen LogP contribution in [0.25, 0.3) is 0 Å². The fourth-order valence-corrected chi connectivity index (χ4v) is 2.73. The zero-order valence-electron chi connectivity index (χ0n) is 11.3. The summed E-state index contributed by atoms with van der Waals surface area (Å²) >= 11 is 1.40. The fourth-order valence-electron chi connectivity index (χ4n) is 1.90. The molecule has 1 aliphatic carbocycles. The first-order chi connectivity index (χ1) is 9.11. The number of amides is 1. The molecule has 1 aromatic rings. The number of aliphatic hydroxyl groups excluding tert-OH is 1. The third kappa shape index (κ3) is 3.82. The number of carbonyl (C=O) groups is 1. The highest BCUT2D eigenvalue weighted by Gasteiger charge is 2.29. The molecule has 0 atom stereocenters.